The van der Waals surface area contributed by atoms with Gasteiger partial charge in [0.2, 0.25) is 0 Å². The largest absolute Gasteiger partial charge is 0.488 e. The van der Waals surface area contributed by atoms with Crippen LogP contribution < -0.4 is 10.1 Å². The van der Waals surface area contributed by atoms with Gasteiger partial charge in [-0.3, -0.25) is 4.79 Å². The Balaban J connectivity index is 1.48. The normalized spacial score (nSPS) is 10.6. The lowest BCUT2D eigenvalue weighted by atomic mass is 10.2. The summed E-state index contributed by atoms with van der Waals surface area (Å²) < 4.78 is 19.6. The number of para-hydroxylation sites is 1. The Labute approximate surface area is 179 Å². The second-order valence-corrected chi connectivity index (χ2v) is 7.79. The first-order valence-electron chi connectivity index (χ1n) is 9.19. The molecule has 0 fully saturated rings. The van der Waals surface area contributed by atoms with E-state index in [4.69, 9.17) is 16.3 Å². The molecule has 0 aliphatic rings. The number of benzene rings is 3. The zero-order valence-corrected chi connectivity index (χ0v) is 17.3. The summed E-state index contributed by atoms with van der Waals surface area (Å²) in [5.74, 6) is 1.14. The summed E-state index contributed by atoms with van der Waals surface area (Å²) >= 11 is 7.54. The number of hydrogen-bond acceptors (Lipinski definition) is 3. The number of hydrogen-bond donors (Lipinski definition) is 1. The zero-order chi connectivity index (χ0) is 20.5. The lowest BCUT2D eigenvalue weighted by Crippen LogP contribution is -2.26. The molecule has 0 spiro atoms. The molecule has 0 bridgehead atoms. The van der Waals surface area contributed by atoms with E-state index in [2.05, 4.69) is 5.32 Å². The van der Waals surface area contributed by atoms with Gasteiger partial charge in [0, 0.05) is 28.6 Å². The van der Waals surface area contributed by atoms with Gasteiger partial charge in [-0.15, -0.1) is 0 Å². The first-order chi connectivity index (χ1) is 14.1. The smallest absolute Gasteiger partial charge is 0.255 e. The van der Waals surface area contributed by atoms with Crippen LogP contribution in [0.4, 0.5) is 4.39 Å². The van der Waals surface area contributed by atoms with Crippen molar-refractivity contribution in [3.8, 4) is 5.75 Å². The van der Waals surface area contributed by atoms with Gasteiger partial charge in [0.1, 0.15) is 18.2 Å². The first-order valence-corrected chi connectivity index (χ1v) is 10.7. The molecule has 0 saturated carbocycles. The molecule has 3 rings (SSSR count). The number of carbonyl (C=O) groups excluding carboxylic acids is 1. The van der Waals surface area contributed by atoms with Crippen LogP contribution in [0.1, 0.15) is 21.5 Å². The molecule has 0 aliphatic carbocycles. The third-order valence-corrected chi connectivity index (χ3v) is 5.55. The number of amides is 1. The Hall–Kier alpha value is -2.50. The van der Waals surface area contributed by atoms with Gasteiger partial charge in [-0.2, -0.15) is 11.8 Å². The molecule has 1 amide bonds. The maximum Gasteiger partial charge on any atom is 0.255 e. The van der Waals surface area contributed by atoms with Crippen molar-refractivity contribution in [2.45, 2.75) is 12.4 Å². The SMILES string of the molecule is O=C(NCCSCc1c(F)cccc1Cl)c1ccccc1OCc1ccccc1. The second kappa shape index (κ2) is 10.9. The van der Waals surface area contributed by atoms with Crippen molar-refractivity contribution in [3.05, 3.63) is 100 Å². The molecule has 150 valence electrons. The van der Waals surface area contributed by atoms with Crippen molar-refractivity contribution in [1.29, 1.82) is 0 Å². The quantitative estimate of drug-likeness (QED) is 0.442. The summed E-state index contributed by atoms with van der Waals surface area (Å²) in [6, 6.07) is 21.6. The van der Waals surface area contributed by atoms with E-state index in [0.717, 1.165) is 5.56 Å². The summed E-state index contributed by atoms with van der Waals surface area (Å²) in [6.45, 7) is 0.854. The van der Waals surface area contributed by atoms with Crippen LogP contribution in [0.2, 0.25) is 5.02 Å². The molecular formula is C23H21ClFNO2S. The van der Waals surface area contributed by atoms with Gasteiger partial charge in [0.15, 0.2) is 0 Å². The molecule has 0 aliphatic heterocycles. The molecule has 0 unspecified atom stereocenters. The lowest BCUT2D eigenvalue weighted by Gasteiger charge is -2.12. The highest BCUT2D eigenvalue weighted by atomic mass is 35.5. The minimum Gasteiger partial charge on any atom is -0.488 e. The van der Waals surface area contributed by atoms with Crippen molar-refractivity contribution >= 4 is 29.3 Å². The highest BCUT2D eigenvalue weighted by molar-refractivity contribution is 7.98. The molecule has 6 heteroatoms. The summed E-state index contributed by atoms with van der Waals surface area (Å²) in [4.78, 5) is 12.5. The van der Waals surface area contributed by atoms with E-state index in [1.165, 1.54) is 17.8 Å². The van der Waals surface area contributed by atoms with E-state index in [1.54, 1.807) is 30.3 Å². The number of nitrogens with one attached hydrogen (secondary N) is 1. The number of thioether (sulfide) groups is 1. The van der Waals surface area contributed by atoms with Gasteiger partial charge >= 0.3 is 0 Å². The highest BCUT2D eigenvalue weighted by Gasteiger charge is 2.12. The minimum atomic E-state index is -0.307. The summed E-state index contributed by atoms with van der Waals surface area (Å²) in [5, 5.41) is 3.31. The second-order valence-electron chi connectivity index (χ2n) is 6.28. The van der Waals surface area contributed by atoms with Crippen LogP contribution in [-0.2, 0) is 12.4 Å². The number of halogens is 2. The van der Waals surface area contributed by atoms with Gasteiger partial charge in [0.25, 0.3) is 5.91 Å². The van der Waals surface area contributed by atoms with Crippen LogP contribution in [0.25, 0.3) is 0 Å². The van der Waals surface area contributed by atoms with E-state index < -0.39 is 0 Å². The Morgan fingerprint density at radius 1 is 1.00 bits per heavy atom. The molecular weight excluding hydrogens is 409 g/mol. The van der Waals surface area contributed by atoms with E-state index >= 15 is 0 Å². The fraction of sp³-hybridized carbons (Fsp3) is 0.174. The van der Waals surface area contributed by atoms with Gasteiger partial charge in [-0.25, -0.2) is 4.39 Å². The molecule has 3 aromatic rings. The fourth-order valence-corrected chi connectivity index (χ4v) is 3.89. The van der Waals surface area contributed by atoms with Crippen molar-refractivity contribution < 1.29 is 13.9 Å². The third-order valence-electron chi connectivity index (χ3n) is 4.21. The first kappa shape index (κ1) is 21.2. The maximum absolute atomic E-state index is 13.8. The zero-order valence-electron chi connectivity index (χ0n) is 15.7. The van der Waals surface area contributed by atoms with Crippen LogP contribution in [0, 0.1) is 5.82 Å². The molecule has 0 heterocycles. The minimum absolute atomic E-state index is 0.196. The van der Waals surface area contributed by atoms with E-state index in [1.807, 2.05) is 36.4 Å². The standard InChI is InChI=1S/C23H21ClFNO2S/c24-20-10-6-11-21(25)19(20)16-29-14-13-26-23(27)18-9-4-5-12-22(18)28-15-17-7-2-1-3-8-17/h1-12H,13-16H2,(H,26,27). The van der Waals surface area contributed by atoms with Crippen molar-refractivity contribution in [2.75, 3.05) is 12.3 Å². The van der Waals surface area contributed by atoms with Gasteiger partial charge in [-0.1, -0.05) is 60.1 Å². The van der Waals surface area contributed by atoms with Gasteiger partial charge < -0.3 is 10.1 Å². The predicted molar refractivity (Wildman–Crippen MR) is 117 cm³/mol. The Morgan fingerprint density at radius 2 is 1.76 bits per heavy atom. The summed E-state index contributed by atoms with van der Waals surface area (Å²) in [5.41, 5.74) is 2.02. The highest BCUT2D eigenvalue weighted by Crippen LogP contribution is 2.24. The lowest BCUT2D eigenvalue weighted by molar-refractivity contribution is 0.0951. The van der Waals surface area contributed by atoms with Gasteiger partial charge in [-0.05, 0) is 29.8 Å². The Kier molecular flexibility index (Phi) is 7.96. The van der Waals surface area contributed by atoms with Crippen LogP contribution in [0.5, 0.6) is 5.75 Å². The monoisotopic (exact) mass is 429 g/mol. The molecule has 0 aromatic heterocycles. The van der Waals surface area contributed by atoms with E-state index in [9.17, 15) is 9.18 Å². The summed E-state index contributed by atoms with van der Waals surface area (Å²) in [7, 11) is 0. The van der Waals surface area contributed by atoms with Crippen molar-refractivity contribution in [2.24, 2.45) is 0 Å². The topological polar surface area (TPSA) is 38.3 Å². The summed E-state index contributed by atoms with van der Waals surface area (Å²) in [6.07, 6.45) is 0. The molecule has 0 atom stereocenters. The van der Waals surface area contributed by atoms with Crippen molar-refractivity contribution in [1.82, 2.24) is 5.32 Å². The Morgan fingerprint density at radius 3 is 2.55 bits per heavy atom. The third kappa shape index (κ3) is 6.24. The number of rotatable bonds is 9. The maximum atomic E-state index is 13.8. The van der Waals surface area contributed by atoms with Gasteiger partial charge in [0.05, 0.1) is 5.56 Å². The molecule has 3 aromatic carbocycles. The molecule has 0 radical (unpaired) electrons. The predicted octanol–water partition coefficient (Wildman–Crippen LogP) is 5.72. The molecule has 3 nitrogen and oxygen atoms in total. The van der Waals surface area contributed by atoms with Crippen LogP contribution in [0.15, 0.2) is 72.8 Å². The average Bonchev–Trinajstić information content (AvgIpc) is 2.74. The van der Waals surface area contributed by atoms with Crippen LogP contribution in [-0.4, -0.2) is 18.2 Å². The molecule has 29 heavy (non-hydrogen) atoms. The van der Waals surface area contributed by atoms with E-state index in [0.29, 0.717) is 46.6 Å². The number of carbonyl (C=O) groups is 1. The average molecular weight is 430 g/mol. The molecule has 0 saturated heterocycles. The van der Waals surface area contributed by atoms with Crippen molar-refractivity contribution in [3.63, 3.8) is 0 Å². The van der Waals surface area contributed by atoms with Crippen LogP contribution >= 0.6 is 23.4 Å². The Bertz CT molecular complexity index is 932. The fourth-order valence-electron chi connectivity index (χ4n) is 2.69. The van der Waals surface area contributed by atoms with Crippen LogP contribution in [0.3, 0.4) is 0 Å². The molecule has 1 N–H and O–H groups in total. The van der Waals surface area contributed by atoms with E-state index in [-0.39, 0.29) is 11.7 Å². The number of ether oxygens (including phenoxy) is 1.